The fraction of sp³-hybridized carbons (Fsp3) is 0.611. The first-order chi connectivity index (χ1) is 10.8. The van der Waals surface area contributed by atoms with Gasteiger partial charge in [-0.25, -0.2) is 0 Å². The number of carbonyl (C=O) groups is 1. The third kappa shape index (κ3) is 3.89. The van der Waals surface area contributed by atoms with Gasteiger partial charge in [-0.1, -0.05) is 20.8 Å². The van der Waals surface area contributed by atoms with Gasteiger partial charge in [0.2, 0.25) is 11.7 Å². The van der Waals surface area contributed by atoms with Crippen LogP contribution < -0.4 is 14.2 Å². The van der Waals surface area contributed by atoms with Gasteiger partial charge in [0.15, 0.2) is 11.5 Å². The van der Waals surface area contributed by atoms with Crippen molar-refractivity contribution in [2.24, 2.45) is 5.41 Å². The van der Waals surface area contributed by atoms with Gasteiger partial charge in [0.1, 0.15) is 0 Å². The summed E-state index contributed by atoms with van der Waals surface area (Å²) in [6, 6.07) is 4.17. The van der Waals surface area contributed by atoms with E-state index in [2.05, 4.69) is 0 Å². The standard InChI is InChI=1S/C18H27NO4/c1-18(2,3)17(20)19(13-7-8-13)11-12-9-14(21-4)16(23-6)15(10-12)22-5/h9-10,13H,7-8,11H2,1-6H3. The lowest BCUT2D eigenvalue weighted by Gasteiger charge is -2.30. The normalized spacial score (nSPS) is 14.3. The Morgan fingerprint density at radius 2 is 1.61 bits per heavy atom. The van der Waals surface area contributed by atoms with Crippen LogP contribution in [0.3, 0.4) is 0 Å². The summed E-state index contributed by atoms with van der Waals surface area (Å²) in [6.45, 7) is 6.43. The molecule has 0 atom stereocenters. The third-order valence-electron chi connectivity index (χ3n) is 3.97. The molecule has 0 N–H and O–H groups in total. The Hall–Kier alpha value is -1.91. The maximum absolute atomic E-state index is 12.7. The van der Waals surface area contributed by atoms with Crippen molar-refractivity contribution in [2.45, 2.75) is 46.2 Å². The van der Waals surface area contributed by atoms with E-state index in [9.17, 15) is 4.79 Å². The summed E-state index contributed by atoms with van der Waals surface area (Å²) in [5, 5.41) is 0. The molecular weight excluding hydrogens is 294 g/mol. The van der Waals surface area contributed by atoms with E-state index in [1.54, 1.807) is 21.3 Å². The fourth-order valence-corrected chi connectivity index (χ4v) is 2.61. The van der Waals surface area contributed by atoms with Crippen LogP contribution in [-0.4, -0.2) is 38.2 Å². The van der Waals surface area contributed by atoms with E-state index in [4.69, 9.17) is 14.2 Å². The number of methoxy groups -OCH3 is 3. The monoisotopic (exact) mass is 321 g/mol. The van der Waals surface area contributed by atoms with E-state index in [1.165, 1.54) is 0 Å². The van der Waals surface area contributed by atoms with Crippen molar-refractivity contribution >= 4 is 5.91 Å². The average molecular weight is 321 g/mol. The molecule has 5 heteroatoms. The molecule has 1 aliphatic rings. The first-order valence-corrected chi connectivity index (χ1v) is 7.91. The van der Waals surface area contributed by atoms with Crippen molar-refractivity contribution in [2.75, 3.05) is 21.3 Å². The van der Waals surface area contributed by atoms with Crippen molar-refractivity contribution in [3.63, 3.8) is 0 Å². The maximum Gasteiger partial charge on any atom is 0.228 e. The Balaban J connectivity index is 2.32. The number of nitrogens with zero attached hydrogens (tertiary/aromatic N) is 1. The minimum absolute atomic E-state index is 0.175. The van der Waals surface area contributed by atoms with Crippen molar-refractivity contribution in [1.29, 1.82) is 0 Å². The van der Waals surface area contributed by atoms with Gasteiger partial charge in [-0.05, 0) is 30.5 Å². The zero-order valence-corrected chi connectivity index (χ0v) is 14.9. The zero-order chi connectivity index (χ0) is 17.2. The number of carbonyl (C=O) groups excluding carboxylic acids is 1. The maximum atomic E-state index is 12.7. The molecule has 0 saturated heterocycles. The van der Waals surface area contributed by atoms with Crippen LogP contribution in [0.4, 0.5) is 0 Å². The highest BCUT2D eigenvalue weighted by Crippen LogP contribution is 2.40. The molecule has 0 bridgehead atoms. The van der Waals surface area contributed by atoms with Crippen LogP contribution in [0, 0.1) is 5.41 Å². The summed E-state index contributed by atoms with van der Waals surface area (Å²) in [5.74, 6) is 1.97. The molecular formula is C18H27NO4. The minimum atomic E-state index is -0.386. The molecule has 1 aromatic rings. The van der Waals surface area contributed by atoms with E-state index in [0.29, 0.717) is 29.8 Å². The Bertz CT molecular complexity index is 548. The molecule has 0 spiro atoms. The summed E-state index contributed by atoms with van der Waals surface area (Å²) >= 11 is 0. The van der Waals surface area contributed by atoms with Gasteiger partial charge in [0, 0.05) is 18.0 Å². The van der Waals surface area contributed by atoms with Gasteiger partial charge in [-0.2, -0.15) is 0 Å². The quantitative estimate of drug-likeness (QED) is 0.807. The van der Waals surface area contributed by atoms with Gasteiger partial charge in [0.25, 0.3) is 0 Å². The molecule has 1 amide bonds. The minimum Gasteiger partial charge on any atom is -0.493 e. The second-order valence-electron chi connectivity index (χ2n) is 6.95. The van der Waals surface area contributed by atoms with E-state index in [0.717, 1.165) is 18.4 Å². The molecule has 2 rings (SSSR count). The molecule has 1 fully saturated rings. The van der Waals surface area contributed by atoms with Gasteiger partial charge >= 0.3 is 0 Å². The van der Waals surface area contributed by atoms with E-state index >= 15 is 0 Å². The largest absolute Gasteiger partial charge is 0.493 e. The number of ether oxygens (including phenoxy) is 3. The Labute approximate surface area is 138 Å². The molecule has 1 saturated carbocycles. The lowest BCUT2D eigenvalue weighted by Crippen LogP contribution is -2.40. The second kappa shape index (κ2) is 6.69. The molecule has 0 unspecified atom stereocenters. The van der Waals surface area contributed by atoms with E-state index < -0.39 is 0 Å². The highest BCUT2D eigenvalue weighted by atomic mass is 16.5. The van der Waals surface area contributed by atoms with Crippen molar-refractivity contribution in [3.8, 4) is 17.2 Å². The summed E-state index contributed by atoms with van der Waals surface area (Å²) in [4.78, 5) is 14.7. The third-order valence-corrected chi connectivity index (χ3v) is 3.97. The Kier molecular flexibility index (Phi) is 5.07. The lowest BCUT2D eigenvalue weighted by molar-refractivity contribution is -0.140. The van der Waals surface area contributed by atoms with Crippen LogP contribution in [-0.2, 0) is 11.3 Å². The Morgan fingerprint density at radius 1 is 1.09 bits per heavy atom. The smallest absolute Gasteiger partial charge is 0.228 e. The van der Waals surface area contributed by atoms with Crippen LogP contribution in [0.1, 0.15) is 39.2 Å². The molecule has 23 heavy (non-hydrogen) atoms. The molecule has 128 valence electrons. The molecule has 0 aliphatic heterocycles. The number of hydrogen-bond donors (Lipinski definition) is 0. The zero-order valence-electron chi connectivity index (χ0n) is 14.9. The number of rotatable bonds is 6. The summed E-state index contributed by atoms with van der Waals surface area (Å²) in [6.07, 6.45) is 2.15. The Morgan fingerprint density at radius 3 is 1.96 bits per heavy atom. The van der Waals surface area contributed by atoms with Crippen LogP contribution in [0.5, 0.6) is 17.2 Å². The summed E-state index contributed by atoms with van der Waals surface area (Å²) < 4.78 is 16.1. The topological polar surface area (TPSA) is 48.0 Å². The van der Waals surface area contributed by atoms with Gasteiger partial charge in [0.05, 0.1) is 21.3 Å². The molecule has 0 heterocycles. The molecule has 1 aromatic carbocycles. The van der Waals surface area contributed by atoms with Gasteiger partial charge in [-0.3, -0.25) is 4.79 Å². The molecule has 5 nitrogen and oxygen atoms in total. The summed E-state index contributed by atoms with van der Waals surface area (Å²) in [5.41, 5.74) is 0.590. The predicted octanol–water partition coefficient (Wildman–Crippen LogP) is 3.25. The predicted molar refractivity (Wildman–Crippen MR) is 89.1 cm³/mol. The van der Waals surface area contributed by atoms with Crippen LogP contribution in [0.15, 0.2) is 12.1 Å². The highest BCUT2D eigenvalue weighted by molar-refractivity contribution is 5.82. The van der Waals surface area contributed by atoms with Crippen molar-refractivity contribution in [1.82, 2.24) is 4.90 Å². The molecule has 0 radical (unpaired) electrons. The van der Waals surface area contributed by atoms with Gasteiger partial charge < -0.3 is 19.1 Å². The highest BCUT2D eigenvalue weighted by Gasteiger charge is 2.37. The first kappa shape index (κ1) is 17.4. The number of benzene rings is 1. The van der Waals surface area contributed by atoms with Gasteiger partial charge in [-0.15, -0.1) is 0 Å². The second-order valence-corrected chi connectivity index (χ2v) is 6.95. The van der Waals surface area contributed by atoms with Crippen molar-refractivity contribution < 1.29 is 19.0 Å². The number of hydrogen-bond acceptors (Lipinski definition) is 4. The fourth-order valence-electron chi connectivity index (χ4n) is 2.61. The number of amides is 1. The first-order valence-electron chi connectivity index (χ1n) is 7.91. The summed E-state index contributed by atoms with van der Waals surface area (Å²) in [7, 11) is 4.78. The van der Waals surface area contributed by atoms with Crippen LogP contribution in [0.25, 0.3) is 0 Å². The van der Waals surface area contributed by atoms with Crippen molar-refractivity contribution in [3.05, 3.63) is 17.7 Å². The average Bonchev–Trinajstić information content (AvgIpc) is 3.34. The lowest BCUT2D eigenvalue weighted by atomic mass is 9.94. The van der Waals surface area contributed by atoms with E-state index in [-0.39, 0.29) is 11.3 Å². The molecule has 1 aliphatic carbocycles. The SMILES string of the molecule is COc1cc(CN(C(=O)C(C)(C)C)C2CC2)cc(OC)c1OC. The van der Waals surface area contributed by atoms with E-state index in [1.807, 2.05) is 37.8 Å². The molecule has 0 aromatic heterocycles. The van der Waals surface area contributed by atoms with Crippen LogP contribution in [0.2, 0.25) is 0 Å². The van der Waals surface area contributed by atoms with Crippen LogP contribution >= 0.6 is 0 Å².